The Bertz CT molecular complexity index is 313. The summed E-state index contributed by atoms with van der Waals surface area (Å²) in [7, 11) is 0. The minimum Gasteiger partial charge on any atom is -0.396 e. The zero-order valence-electron chi connectivity index (χ0n) is 10.7. The van der Waals surface area contributed by atoms with Crippen molar-refractivity contribution in [2.24, 2.45) is 11.8 Å². The molecule has 2 nitrogen and oxygen atoms in total. The van der Waals surface area contributed by atoms with Gasteiger partial charge in [-0.3, -0.25) is 0 Å². The number of anilines is 1. The molecule has 0 aliphatic carbocycles. The normalized spacial score (nSPS) is 12.9. The Morgan fingerprint density at radius 2 is 1.75 bits per heavy atom. The van der Waals surface area contributed by atoms with Gasteiger partial charge in [0.15, 0.2) is 0 Å². The Balaban J connectivity index is 2.67. The van der Waals surface area contributed by atoms with Crippen molar-refractivity contribution in [3.05, 3.63) is 29.3 Å². The van der Waals surface area contributed by atoms with Crippen LogP contribution in [0, 0.1) is 25.7 Å². The molecule has 1 rings (SSSR count). The number of aryl methyl sites for hydroxylation is 2. The van der Waals surface area contributed by atoms with Crippen LogP contribution in [0.4, 0.5) is 5.69 Å². The molecule has 1 unspecified atom stereocenters. The van der Waals surface area contributed by atoms with Crippen molar-refractivity contribution in [3.8, 4) is 0 Å². The van der Waals surface area contributed by atoms with Gasteiger partial charge < -0.3 is 10.4 Å². The van der Waals surface area contributed by atoms with Crippen LogP contribution in [0.1, 0.15) is 25.0 Å². The number of aliphatic hydroxyl groups is 1. The lowest BCUT2D eigenvalue weighted by Gasteiger charge is -2.21. The fraction of sp³-hybridized carbons (Fsp3) is 0.571. The fourth-order valence-corrected chi connectivity index (χ4v) is 1.84. The molecule has 0 bridgehead atoms. The molecule has 0 aliphatic heterocycles. The third-order valence-electron chi connectivity index (χ3n) is 3.20. The van der Waals surface area contributed by atoms with Crippen LogP contribution in [-0.4, -0.2) is 18.3 Å². The lowest BCUT2D eigenvalue weighted by molar-refractivity contribution is 0.198. The molecule has 0 heterocycles. The van der Waals surface area contributed by atoms with E-state index in [0.29, 0.717) is 11.8 Å². The van der Waals surface area contributed by atoms with E-state index in [-0.39, 0.29) is 6.61 Å². The fourth-order valence-electron chi connectivity index (χ4n) is 1.84. The highest BCUT2D eigenvalue weighted by Crippen LogP contribution is 2.20. The molecule has 1 atom stereocenters. The highest BCUT2D eigenvalue weighted by Gasteiger charge is 2.12. The van der Waals surface area contributed by atoms with Crippen molar-refractivity contribution in [3.63, 3.8) is 0 Å². The van der Waals surface area contributed by atoms with E-state index in [1.165, 1.54) is 16.8 Å². The quantitative estimate of drug-likeness (QED) is 0.801. The standard InChI is InChI=1S/C14H23NO/c1-10(2)13(9-16)8-15-14-11(3)6-5-7-12(14)4/h5-7,10,13,15-16H,8-9H2,1-4H3. The van der Waals surface area contributed by atoms with Crippen LogP contribution in [0.25, 0.3) is 0 Å². The molecular weight excluding hydrogens is 198 g/mol. The Kier molecular flexibility index (Phi) is 4.81. The summed E-state index contributed by atoms with van der Waals surface area (Å²) < 4.78 is 0. The molecule has 1 aromatic rings. The van der Waals surface area contributed by atoms with Gasteiger partial charge in [-0.2, -0.15) is 0 Å². The maximum Gasteiger partial charge on any atom is 0.0478 e. The van der Waals surface area contributed by atoms with Crippen LogP contribution in [-0.2, 0) is 0 Å². The van der Waals surface area contributed by atoms with Gasteiger partial charge >= 0.3 is 0 Å². The van der Waals surface area contributed by atoms with Crippen molar-refractivity contribution in [1.29, 1.82) is 0 Å². The summed E-state index contributed by atoms with van der Waals surface area (Å²) in [5.41, 5.74) is 3.74. The molecular formula is C14H23NO. The summed E-state index contributed by atoms with van der Waals surface area (Å²) in [5.74, 6) is 0.820. The summed E-state index contributed by atoms with van der Waals surface area (Å²) in [4.78, 5) is 0. The smallest absolute Gasteiger partial charge is 0.0478 e. The number of benzene rings is 1. The van der Waals surface area contributed by atoms with Gasteiger partial charge in [0.1, 0.15) is 0 Å². The molecule has 0 radical (unpaired) electrons. The van der Waals surface area contributed by atoms with E-state index in [1.54, 1.807) is 0 Å². The number of hydrogen-bond acceptors (Lipinski definition) is 2. The first-order chi connectivity index (χ1) is 7.56. The molecule has 0 aromatic heterocycles. The Morgan fingerprint density at radius 3 is 2.19 bits per heavy atom. The molecule has 0 saturated carbocycles. The second-order valence-electron chi connectivity index (χ2n) is 4.83. The Hall–Kier alpha value is -1.02. The van der Waals surface area contributed by atoms with Gasteiger partial charge in [0.05, 0.1) is 0 Å². The van der Waals surface area contributed by atoms with E-state index >= 15 is 0 Å². The van der Waals surface area contributed by atoms with Crippen molar-refractivity contribution in [2.45, 2.75) is 27.7 Å². The SMILES string of the molecule is Cc1cccc(C)c1NCC(CO)C(C)C. The predicted molar refractivity (Wildman–Crippen MR) is 69.8 cm³/mol. The monoisotopic (exact) mass is 221 g/mol. The zero-order chi connectivity index (χ0) is 12.1. The zero-order valence-corrected chi connectivity index (χ0v) is 10.7. The highest BCUT2D eigenvalue weighted by molar-refractivity contribution is 5.56. The van der Waals surface area contributed by atoms with E-state index in [1.807, 2.05) is 0 Å². The first kappa shape index (κ1) is 13.0. The molecule has 2 N–H and O–H groups in total. The number of rotatable bonds is 5. The van der Waals surface area contributed by atoms with Gasteiger partial charge in [0.25, 0.3) is 0 Å². The third kappa shape index (κ3) is 3.24. The molecule has 0 aliphatic rings. The number of para-hydroxylation sites is 1. The van der Waals surface area contributed by atoms with Gasteiger partial charge in [0, 0.05) is 24.8 Å². The maximum atomic E-state index is 9.27. The van der Waals surface area contributed by atoms with Crippen LogP contribution in [0.3, 0.4) is 0 Å². The largest absolute Gasteiger partial charge is 0.396 e. The Morgan fingerprint density at radius 1 is 1.19 bits per heavy atom. The van der Waals surface area contributed by atoms with Crippen LogP contribution >= 0.6 is 0 Å². The first-order valence-corrected chi connectivity index (χ1v) is 5.97. The van der Waals surface area contributed by atoms with Crippen molar-refractivity contribution < 1.29 is 5.11 Å². The number of nitrogens with one attached hydrogen (secondary N) is 1. The minimum absolute atomic E-state index is 0.246. The summed E-state index contributed by atoms with van der Waals surface area (Å²) in [5, 5.41) is 12.7. The van der Waals surface area contributed by atoms with Gasteiger partial charge in [0.2, 0.25) is 0 Å². The van der Waals surface area contributed by atoms with Gasteiger partial charge in [-0.05, 0) is 30.9 Å². The first-order valence-electron chi connectivity index (χ1n) is 5.97. The van der Waals surface area contributed by atoms with Crippen LogP contribution in [0.15, 0.2) is 18.2 Å². The van der Waals surface area contributed by atoms with E-state index in [0.717, 1.165) is 6.54 Å². The number of aliphatic hydroxyl groups excluding tert-OH is 1. The molecule has 1 aromatic carbocycles. The van der Waals surface area contributed by atoms with Crippen molar-refractivity contribution in [2.75, 3.05) is 18.5 Å². The molecule has 0 amide bonds. The van der Waals surface area contributed by atoms with Gasteiger partial charge in [-0.15, -0.1) is 0 Å². The minimum atomic E-state index is 0.246. The number of hydrogen-bond donors (Lipinski definition) is 2. The summed E-state index contributed by atoms with van der Waals surface area (Å²) >= 11 is 0. The van der Waals surface area contributed by atoms with Gasteiger partial charge in [-0.25, -0.2) is 0 Å². The molecule has 2 heteroatoms. The summed E-state index contributed by atoms with van der Waals surface area (Å²) in [6.07, 6.45) is 0. The molecule has 0 spiro atoms. The van der Waals surface area contributed by atoms with E-state index < -0.39 is 0 Å². The molecule has 0 fully saturated rings. The average molecular weight is 221 g/mol. The maximum absolute atomic E-state index is 9.27. The van der Waals surface area contributed by atoms with Crippen molar-refractivity contribution in [1.82, 2.24) is 0 Å². The second kappa shape index (κ2) is 5.90. The summed E-state index contributed by atoms with van der Waals surface area (Å²) in [6.45, 7) is 9.59. The topological polar surface area (TPSA) is 32.3 Å². The van der Waals surface area contributed by atoms with Crippen LogP contribution in [0.2, 0.25) is 0 Å². The van der Waals surface area contributed by atoms with E-state index in [4.69, 9.17) is 0 Å². The van der Waals surface area contributed by atoms with E-state index in [9.17, 15) is 5.11 Å². The van der Waals surface area contributed by atoms with Crippen LogP contribution < -0.4 is 5.32 Å². The molecule has 0 saturated heterocycles. The second-order valence-corrected chi connectivity index (χ2v) is 4.83. The summed E-state index contributed by atoms with van der Waals surface area (Å²) in [6, 6.07) is 6.29. The Labute approximate surface area is 98.7 Å². The highest BCUT2D eigenvalue weighted by atomic mass is 16.3. The van der Waals surface area contributed by atoms with E-state index in [2.05, 4.69) is 51.2 Å². The third-order valence-corrected chi connectivity index (χ3v) is 3.20. The molecule has 16 heavy (non-hydrogen) atoms. The lowest BCUT2D eigenvalue weighted by Crippen LogP contribution is -2.23. The average Bonchev–Trinajstić information content (AvgIpc) is 2.22. The lowest BCUT2D eigenvalue weighted by atomic mass is 9.96. The predicted octanol–water partition coefficient (Wildman–Crippen LogP) is 2.98. The van der Waals surface area contributed by atoms with Crippen molar-refractivity contribution >= 4 is 5.69 Å². The molecule has 90 valence electrons. The van der Waals surface area contributed by atoms with Gasteiger partial charge in [-0.1, -0.05) is 32.0 Å². The van der Waals surface area contributed by atoms with Crippen LogP contribution in [0.5, 0.6) is 0 Å².